The number of hydrogen-bond acceptors (Lipinski definition) is 3. The number of aryl methyl sites for hydroxylation is 3. The van der Waals surface area contributed by atoms with E-state index in [1.165, 1.54) is 0 Å². The molecule has 0 unspecified atom stereocenters. The standard InChI is InChI=1S/C17H25NO4/c1-10-7-12(3)13(8-11(10)2)14(9-15(19)20)18-16(21)22-17(4,5)6/h7-8,14H,9H2,1-6H3,(H,18,21)(H,19,20)/t14-/m1/s1. The van der Waals surface area contributed by atoms with Crippen molar-refractivity contribution >= 4 is 12.1 Å². The number of carboxylic acid groups (broad SMARTS) is 1. The fourth-order valence-corrected chi connectivity index (χ4v) is 2.22. The topological polar surface area (TPSA) is 75.6 Å². The molecule has 0 aliphatic carbocycles. The SMILES string of the molecule is Cc1cc(C)c([C@@H](CC(=O)O)NC(=O)OC(C)(C)C)cc1C. The number of ether oxygens (including phenoxy) is 1. The van der Waals surface area contributed by atoms with Gasteiger partial charge in [-0.2, -0.15) is 0 Å². The number of rotatable bonds is 4. The van der Waals surface area contributed by atoms with Crippen molar-refractivity contribution < 1.29 is 19.4 Å². The van der Waals surface area contributed by atoms with E-state index in [9.17, 15) is 9.59 Å². The lowest BCUT2D eigenvalue weighted by atomic mass is 9.94. The molecular formula is C17H25NO4. The Balaban J connectivity index is 3.06. The molecular weight excluding hydrogens is 282 g/mol. The highest BCUT2D eigenvalue weighted by molar-refractivity contribution is 5.72. The van der Waals surface area contributed by atoms with Crippen LogP contribution in [0.1, 0.15) is 55.5 Å². The first-order chi connectivity index (χ1) is 9.99. The van der Waals surface area contributed by atoms with Crippen molar-refractivity contribution in [2.75, 3.05) is 0 Å². The second-order valence-electron chi connectivity index (χ2n) is 6.59. The summed E-state index contributed by atoms with van der Waals surface area (Å²) in [5.74, 6) is -0.973. The van der Waals surface area contributed by atoms with E-state index >= 15 is 0 Å². The molecule has 0 aliphatic rings. The van der Waals surface area contributed by atoms with Crippen molar-refractivity contribution in [3.63, 3.8) is 0 Å². The minimum Gasteiger partial charge on any atom is -0.481 e. The molecule has 5 nitrogen and oxygen atoms in total. The van der Waals surface area contributed by atoms with E-state index in [1.54, 1.807) is 20.8 Å². The molecule has 0 aliphatic heterocycles. The first-order valence-electron chi connectivity index (χ1n) is 7.28. The summed E-state index contributed by atoms with van der Waals surface area (Å²) in [7, 11) is 0. The first kappa shape index (κ1) is 18.0. The molecule has 5 heteroatoms. The van der Waals surface area contributed by atoms with E-state index in [2.05, 4.69) is 5.32 Å². The van der Waals surface area contributed by atoms with Gasteiger partial charge >= 0.3 is 12.1 Å². The summed E-state index contributed by atoms with van der Waals surface area (Å²) < 4.78 is 5.22. The summed E-state index contributed by atoms with van der Waals surface area (Å²) >= 11 is 0. The maximum absolute atomic E-state index is 12.0. The van der Waals surface area contributed by atoms with E-state index < -0.39 is 23.7 Å². The number of carbonyl (C=O) groups excluding carboxylic acids is 1. The zero-order valence-corrected chi connectivity index (χ0v) is 14.1. The lowest BCUT2D eigenvalue weighted by Crippen LogP contribution is -2.36. The summed E-state index contributed by atoms with van der Waals surface area (Å²) in [4.78, 5) is 23.1. The van der Waals surface area contributed by atoms with Gasteiger partial charge in [0, 0.05) is 0 Å². The molecule has 0 radical (unpaired) electrons. The lowest BCUT2D eigenvalue weighted by Gasteiger charge is -2.24. The molecule has 0 aromatic heterocycles. The van der Waals surface area contributed by atoms with Crippen LogP contribution < -0.4 is 5.32 Å². The van der Waals surface area contributed by atoms with Gasteiger partial charge < -0.3 is 15.2 Å². The Bertz CT molecular complexity index is 573. The second kappa shape index (κ2) is 6.81. The summed E-state index contributed by atoms with van der Waals surface area (Å²) in [6.07, 6.45) is -0.806. The average molecular weight is 307 g/mol. The molecule has 0 heterocycles. The van der Waals surface area contributed by atoms with E-state index in [1.807, 2.05) is 32.9 Å². The molecule has 0 spiro atoms. The van der Waals surface area contributed by atoms with Crippen LogP contribution in [0, 0.1) is 20.8 Å². The Labute approximate surface area is 131 Å². The molecule has 2 N–H and O–H groups in total. The molecule has 0 bridgehead atoms. The molecule has 122 valence electrons. The summed E-state index contributed by atoms with van der Waals surface area (Å²) in [6.45, 7) is 11.2. The lowest BCUT2D eigenvalue weighted by molar-refractivity contribution is -0.137. The van der Waals surface area contributed by atoms with Gasteiger partial charge in [0.25, 0.3) is 0 Å². The summed E-state index contributed by atoms with van der Waals surface area (Å²) in [5.41, 5.74) is 3.31. The van der Waals surface area contributed by atoms with Crippen LogP contribution in [0.4, 0.5) is 4.79 Å². The van der Waals surface area contributed by atoms with E-state index in [4.69, 9.17) is 9.84 Å². The van der Waals surface area contributed by atoms with Gasteiger partial charge in [-0.05, 0) is 63.8 Å². The third kappa shape index (κ3) is 5.39. The predicted octanol–water partition coefficient (Wildman–Crippen LogP) is 3.65. The number of carbonyl (C=O) groups is 2. The van der Waals surface area contributed by atoms with Crippen molar-refractivity contribution in [3.05, 3.63) is 34.4 Å². The molecule has 1 aromatic rings. The Morgan fingerprint density at radius 3 is 2.18 bits per heavy atom. The number of amides is 1. The Hall–Kier alpha value is -2.04. The van der Waals surface area contributed by atoms with Gasteiger partial charge in [-0.15, -0.1) is 0 Å². The number of alkyl carbamates (subject to hydrolysis) is 1. The van der Waals surface area contributed by atoms with Crippen LogP contribution in [-0.4, -0.2) is 22.8 Å². The molecule has 1 rings (SSSR count). The normalized spacial score (nSPS) is 12.6. The third-order valence-corrected chi connectivity index (χ3v) is 3.33. The number of carboxylic acids is 1. The van der Waals surface area contributed by atoms with Gasteiger partial charge in [-0.1, -0.05) is 12.1 Å². The maximum Gasteiger partial charge on any atom is 0.408 e. The van der Waals surface area contributed by atoms with Gasteiger partial charge in [0.2, 0.25) is 0 Å². The Morgan fingerprint density at radius 1 is 1.14 bits per heavy atom. The molecule has 22 heavy (non-hydrogen) atoms. The van der Waals surface area contributed by atoms with Crippen molar-refractivity contribution in [3.8, 4) is 0 Å². The van der Waals surface area contributed by atoms with Crippen molar-refractivity contribution in [1.29, 1.82) is 0 Å². The fraction of sp³-hybridized carbons (Fsp3) is 0.529. The average Bonchev–Trinajstić information content (AvgIpc) is 2.29. The molecule has 1 aromatic carbocycles. The van der Waals surface area contributed by atoms with Crippen LogP contribution in [0.2, 0.25) is 0 Å². The number of nitrogens with one attached hydrogen (secondary N) is 1. The predicted molar refractivity (Wildman–Crippen MR) is 85.0 cm³/mol. The molecule has 0 fully saturated rings. The number of aliphatic carboxylic acids is 1. The van der Waals surface area contributed by atoms with Crippen LogP contribution in [0.15, 0.2) is 12.1 Å². The summed E-state index contributed by atoms with van der Waals surface area (Å²) in [6, 6.07) is 3.30. The minimum atomic E-state index is -0.973. The quantitative estimate of drug-likeness (QED) is 0.890. The summed E-state index contributed by atoms with van der Waals surface area (Å²) in [5, 5.41) is 11.8. The zero-order valence-electron chi connectivity index (χ0n) is 14.1. The van der Waals surface area contributed by atoms with Crippen LogP contribution >= 0.6 is 0 Å². The van der Waals surface area contributed by atoms with Gasteiger partial charge in [-0.25, -0.2) is 4.79 Å². The van der Waals surface area contributed by atoms with Gasteiger partial charge in [-0.3, -0.25) is 4.79 Å². The number of hydrogen-bond donors (Lipinski definition) is 2. The van der Waals surface area contributed by atoms with Crippen LogP contribution in [0.5, 0.6) is 0 Å². The third-order valence-electron chi connectivity index (χ3n) is 3.33. The van der Waals surface area contributed by atoms with Crippen molar-refractivity contribution in [2.24, 2.45) is 0 Å². The van der Waals surface area contributed by atoms with E-state index in [0.717, 1.165) is 22.3 Å². The van der Waals surface area contributed by atoms with E-state index in [0.29, 0.717) is 0 Å². The molecule has 1 amide bonds. The highest BCUT2D eigenvalue weighted by Gasteiger charge is 2.23. The van der Waals surface area contributed by atoms with Gasteiger partial charge in [0.05, 0.1) is 12.5 Å². The van der Waals surface area contributed by atoms with Gasteiger partial charge in [0.1, 0.15) is 5.60 Å². The van der Waals surface area contributed by atoms with E-state index in [-0.39, 0.29) is 6.42 Å². The van der Waals surface area contributed by atoms with Crippen LogP contribution in [0.3, 0.4) is 0 Å². The monoisotopic (exact) mass is 307 g/mol. The Morgan fingerprint density at radius 2 is 1.68 bits per heavy atom. The van der Waals surface area contributed by atoms with Gasteiger partial charge in [0.15, 0.2) is 0 Å². The zero-order chi connectivity index (χ0) is 17.1. The fourth-order valence-electron chi connectivity index (χ4n) is 2.22. The maximum atomic E-state index is 12.0. The first-order valence-corrected chi connectivity index (χ1v) is 7.28. The minimum absolute atomic E-state index is 0.192. The van der Waals surface area contributed by atoms with Crippen LogP contribution in [-0.2, 0) is 9.53 Å². The molecule has 1 atom stereocenters. The molecule has 0 saturated heterocycles. The Kier molecular flexibility index (Phi) is 5.58. The van der Waals surface area contributed by atoms with Crippen molar-refractivity contribution in [1.82, 2.24) is 5.32 Å². The largest absolute Gasteiger partial charge is 0.481 e. The highest BCUT2D eigenvalue weighted by atomic mass is 16.6. The smallest absolute Gasteiger partial charge is 0.408 e. The second-order valence-corrected chi connectivity index (χ2v) is 6.59. The molecule has 0 saturated carbocycles. The highest BCUT2D eigenvalue weighted by Crippen LogP contribution is 2.25. The van der Waals surface area contributed by atoms with Crippen LogP contribution in [0.25, 0.3) is 0 Å². The van der Waals surface area contributed by atoms with Crippen molar-refractivity contribution in [2.45, 2.75) is 59.6 Å². The number of benzene rings is 1.